The van der Waals surface area contributed by atoms with Crippen molar-refractivity contribution in [3.05, 3.63) is 60.6 Å². The van der Waals surface area contributed by atoms with Crippen molar-refractivity contribution in [3.8, 4) is 0 Å². The normalized spacial score (nSPS) is 12.5. The molecule has 0 spiro atoms. The van der Waals surface area contributed by atoms with Crippen LogP contribution in [0.3, 0.4) is 0 Å². The molecule has 7 heteroatoms. The lowest BCUT2D eigenvalue weighted by atomic mass is 10.1. The van der Waals surface area contributed by atoms with E-state index < -0.39 is 11.9 Å². The van der Waals surface area contributed by atoms with E-state index in [9.17, 15) is 13.2 Å². The van der Waals surface area contributed by atoms with Crippen LogP contribution < -0.4 is 4.90 Å². The van der Waals surface area contributed by atoms with E-state index in [-0.39, 0.29) is 11.8 Å². The number of amidine groups is 1. The van der Waals surface area contributed by atoms with Crippen LogP contribution in [0.4, 0.5) is 18.9 Å². The molecule has 1 aromatic heterocycles. The maximum absolute atomic E-state index is 13.0. The summed E-state index contributed by atoms with van der Waals surface area (Å²) >= 11 is 0. The molecule has 1 aromatic carbocycles. The average molecular weight is 376 g/mol. The fourth-order valence-corrected chi connectivity index (χ4v) is 2.55. The summed E-state index contributed by atoms with van der Waals surface area (Å²) in [5, 5.41) is 7.85. The van der Waals surface area contributed by atoms with Crippen LogP contribution in [0.2, 0.25) is 0 Å². The van der Waals surface area contributed by atoms with Crippen LogP contribution in [0.5, 0.6) is 0 Å². The molecule has 2 aromatic rings. The average Bonchev–Trinajstić information content (AvgIpc) is 3.01. The topological polar surface area (TPSA) is 44.3 Å². The van der Waals surface area contributed by atoms with Crippen LogP contribution in [0.15, 0.2) is 60.0 Å². The first-order chi connectivity index (χ1) is 12.4. The number of allylic oxidation sites excluding steroid dienone is 2. The lowest BCUT2D eigenvalue weighted by Crippen LogP contribution is -2.33. The van der Waals surface area contributed by atoms with Crippen molar-refractivity contribution in [1.29, 1.82) is 0 Å². The smallest absolute Gasteiger partial charge is 0.299 e. The summed E-state index contributed by atoms with van der Waals surface area (Å²) in [5.74, 6) is 0.0146. The monoisotopic (exact) mass is 376 g/mol. The molecular formula is C20H23F3N4. The van der Waals surface area contributed by atoms with Crippen LogP contribution in [0.1, 0.15) is 26.3 Å². The van der Waals surface area contributed by atoms with Gasteiger partial charge in [-0.25, -0.2) is 4.99 Å². The van der Waals surface area contributed by atoms with E-state index in [1.165, 1.54) is 0 Å². The molecule has 144 valence electrons. The highest BCUT2D eigenvalue weighted by atomic mass is 19.4. The molecule has 0 aliphatic heterocycles. The Hall–Kier alpha value is -2.83. The van der Waals surface area contributed by atoms with Crippen molar-refractivity contribution < 1.29 is 13.2 Å². The van der Waals surface area contributed by atoms with E-state index in [2.05, 4.69) is 34.9 Å². The minimum absolute atomic E-state index is 0.0357. The highest BCUT2D eigenvalue weighted by Crippen LogP contribution is 2.32. The van der Waals surface area contributed by atoms with Crippen LogP contribution in [0, 0.1) is 12.8 Å². The first-order valence-corrected chi connectivity index (χ1v) is 8.36. The van der Waals surface area contributed by atoms with Crippen molar-refractivity contribution in [2.45, 2.75) is 33.9 Å². The second-order valence-electron chi connectivity index (χ2n) is 6.74. The van der Waals surface area contributed by atoms with Gasteiger partial charge in [0.25, 0.3) is 0 Å². The summed E-state index contributed by atoms with van der Waals surface area (Å²) in [6.07, 6.45) is -2.93. The molecule has 0 bridgehead atoms. The van der Waals surface area contributed by atoms with Gasteiger partial charge < -0.3 is 0 Å². The standard InChI is InChI=1S/C20H23F3N4/c1-11(2)14(6)27(19(12(3)4)25-15(7)20(21,22)23)16-8-13(5)17-10-24-26-18(17)9-16/h8-11H,3,6-7H2,1-2,4-5H3,(H,24,26). The van der Waals surface area contributed by atoms with E-state index in [1.807, 2.05) is 26.8 Å². The molecule has 0 radical (unpaired) electrons. The van der Waals surface area contributed by atoms with E-state index in [0.29, 0.717) is 17.0 Å². The molecule has 0 aliphatic carbocycles. The molecule has 0 unspecified atom stereocenters. The van der Waals surface area contributed by atoms with Crippen molar-refractivity contribution >= 4 is 22.4 Å². The zero-order valence-corrected chi connectivity index (χ0v) is 15.9. The highest BCUT2D eigenvalue weighted by molar-refractivity contribution is 6.12. The first-order valence-electron chi connectivity index (χ1n) is 8.36. The van der Waals surface area contributed by atoms with Gasteiger partial charge in [-0.1, -0.05) is 33.6 Å². The molecule has 0 saturated heterocycles. The van der Waals surface area contributed by atoms with Gasteiger partial charge in [-0.2, -0.15) is 18.3 Å². The summed E-state index contributed by atoms with van der Waals surface area (Å²) in [5.41, 5.74) is 2.08. The van der Waals surface area contributed by atoms with Crippen molar-refractivity contribution in [2.24, 2.45) is 10.9 Å². The van der Waals surface area contributed by atoms with Crippen LogP contribution >= 0.6 is 0 Å². The molecule has 0 saturated carbocycles. The Kier molecular flexibility index (Phi) is 5.63. The van der Waals surface area contributed by atoms with Gasteiger partial charge in [0.1, 0.15) is 11.5 Å². The van der Waals surface area contributed by atoms with Gasteiger partial charge in [0.05, 0.1) is 11.7 Å². The summed E-state index contributed by atoms with van der Waals surface area (Å²) < 4.78 is 39.1. The number of hydrogen-bond donors (Lipinski definition) is 1. The molecule has 2 rings (SSSR count). The largest absolute Gasteiger partial charge is 0.432 e. The van der Waals surface area contributed by atoms with E-state index >= 15 is 0 Å². The number of H-pyrrole nitrogens is 1. The van der Waals surface area contributed by atoms with Gasteiger partial charge in [0.2, 0.25) is 0 Å². The molecule has 0 aliphatic rings. The highest BCUT2D eigenvalue weighted by Gasteiger charge is 2.33. The SMILES string of the molecule is C=C(C)C(=NC(=C)C(F)(F)F)N(C(=C)C(C)C)c1cc(C)c2cn[nH]c2c1. The molecule has 1 heterocycles. The first kappa shape index (κ1) is 20.5. The molecule has 0 atom stereocenters. The number of anilines is 1. The van der Waals surface area contributed by atoms with E-state index in [0.717, 1.165) is 16.5 Å². The number of nitrogens with one attached hydrogen (secondary N) is 1. The Morgan fingerprint density at radius 2 is 1.85 bits per heavy atom. The number of aryl methyl sites for hydroxylation is 1. The minimum atomic E-state index is -4.63. The third kappa shape index (κ3) is 4.30. The third-order valence-corrected chi connectivity index (χ3v) is 4.12. The van der Waals surface area contributed by atoms with Gasteiger partial charge >= 0.3 is 6.18 Å². The molecule has 0 fully saturated rings. The number of aromatic nitrogens is 2. The fourth-order valence-electron chi connectivity index (χ4n) is 2.55. The molecular weight excluding hydrogens is 353 g/mol. The van der Waals surface area contributed by atoms with Crippen molar-refractivity contribution in [1.82, 2.24) is 10.2 Å². The maximum atomic E-state index is 13.0. The zero-order valence-electron chi connectivity index (χ0n) is 15.9. The Labute approximate surface area is 156 Å². The third-order valence-electron chi connectivity index (χ3n) is 4.12. The number of aromatic amines is 1. The molecule has 0 amide bonds. The lowest BCUT2D eigenvalue weighted by molar-refractivity contribution is -0.0919. The zero-order chi connectivity index (χ0) is 20.5. The minimum Gasteiger partial charge on any atom is -0.299 e. The Morgan fingerprint density at radius 3 is 2.37 bits per heavy atom. The van der Waals surface area contributed by atoms with Gasteiger partial charge in [-0.05, 0) is 43.0 Å². The lowest BCUT2D eigenvalue weighted by Gasteiger charge is -2.31. The molecule has 4 nitrogen and oxygen atoms in total. The van der Waals surface area contributed by atoms with Crippen molar-refractivity contribution in [3.63, 3.8) is 0 Å². The number of nitrogens with zero attached hydrogens (tertiary/aromatic N) is 3. The number of rotatable bonds is 5. The van der Waals surface area contributed by atoms with Gasteiger partial charge in [0.15, 0.2) is 0 Å². The second kappa shape index (κ2) is 7.42. The summed E-state index contributed by atoms with van der Waals surface area (Å²) in [6, 6.07) is 3.66. The number of alkyl halides is 3. The summed E-state index contributed by atoms with van der Waals surface area (Å²) in [4.78, 5) is 5.36. The predicted octanol–water partition coefficient (Wildman–Crippen LogP) is 5.90. The van der Waals surface area contributed by atoms with Crippen LogP contribution in [-0.4, -0.2) is 22.2 Å². The molecule has 1 N–H and O–H groups in total. The Morgan fingerprint density at radius 1 is 1.22 bits per heavy atom. The van der Waals surface area contributed by atoms with Crippen molar-refractivity contribution in [2.75, 3.05) is 4.90 Å². The number of hydrogen-bond acceptors (Lipinski definition) is 2. The van der Waals surface area contributed by atoms with E-state index in [1.54, 1.807) is 24.1 Å². The van der Waals surface area contributed by atoms with Gasteiger partial charge in [-0.3, -0.25) is 10.00 Å². The van der Waals surface area contributed by atoms with E-state index in [4.69, 9.17) is 0 Å². The predicted molar refractivity (Wildman–Crippen MR) is 105 cm³/mol. The number of halogens is 3. The van der Waals surface area contributed by atoms with Crippen LogP contribution in [-0.2, 0) is 0 Å². The maximum Gasteiger partial charge on any atom is 0.432 e. The summed E-state index contributed by atoms with van der Waals surface area (Å²) in [6.45, 7) is 18.3. The number of fused-ring (bicyclic) bond motifs is 1. The summed E-state index contributed by atoms with van der Waals surface area (Å²) in [7, 11) is 0. The van der Waals surface area contributed by atoms with Gasteiger partial charge in [0, 0.05) is 16.8 Å². The second-order valence-corrected chi connectivity index (χ2v) is 6.74. The van der Waals surface area contributed by atoms with Gasteiger partial charge in [-0.15, -0.1) is 0 Å². The Balaban J connectivity index is 2.71. The number of aliphatic imine (C=N–C) groups is 1. The Bertz CT molecular complexity index is 932. The number of benzene rings is 1. The molecule has 27 heavy (non-hydrogen) atoms. The van der Waals surface area contributed by atoms with Crippen LogP contribution in [0.25, 0.3) is 10.9 Å². The fraction of sp³-hybridized carbons (Fsp3) is 0.300. The quantitative estimate of drug-likeness (QED) is 0.522.